The largest absolute Gasteiger partial charge is 0.497 e. The first kappa shape index (κ1) is 20.5. The number of carbonyl (C=O) groups is 2. The number of carbonyl (C=O) groups excluding carboxylic acids is 2. The molecule has 3 N–H and O–H groups in total. The highest BCUT2D eigenvalue weighted by Gasteiger charge is 2.14. The molecular formula is C23H20N4O3S. The summed E-state index contributed by atoms with van der Waals surface area (Å²) >= 11 is 1.28. The van der Waals surface area contributed by atoms with Gasteiger partial charge in [0.1, 0.15) is 5.75 Å². The number of nitrogens with one attached hydrogen (secondary N) is 3. The summed E-state index contributed by atoms with van der Waals surface area (Å²) in [6.45, 7) is 0. The Labute approximate surface area is 183 Å². The number of hydrogen-bond donors (Lipinski definition) is 3. The molecule has 0 radical (unpaired) electrons. The molecule has 0 spiro atoms. The summed E-state index contributed by atoms with van der Waals surface area (Å²) in [5.41, 5.74) is 3.17. The van der Waals surface area contributed by atoms with Crippen LogP contribution in [-0.4, -0.2) is 34.6 Å². The van der Waals surface area contributed by atoms with Gasteiger partial charge in [-0.25, -0.2) is 4.98 Å². The number of aromatic nitrogens is 2. The molecule has 2 amide bonds. The van der Waals surface area contributed by atoms with Gasteiger partial charge in [0.25, 0.3) is 5.91 Å². The summed E-state index contributed by atoms with van der Waals surface area (Å²) in [5.74, 6) is 0.353. The molecular weight excluding hydrogens is 412 g/mol. The van der Waals surface area contributed by atoms with Gasteiger partial charge in [-0.1, -0.05) is 42.1 Å². The summed E-state index contributed by atoms with van der Waals surface area (Å²) in [7, 11) is 1.61. The van der Waals surface area contributed by atoms with Gasteiger partial charge in [0.05, 0.1) is 35.1 Å². The molecule has 0 aliphatic rings. The van der Waals surface area contributed by atoms with Crippen LogP contribution in [0.25, 0.3) is 11.0 Å². The van der Waals surface area contributed by atoms with Crippen LogP contribution >= 0.6 is 11.8 Å². The lowest BCUT2D eigenvalue weighted by molar-refractivity contribution is -0.113. The number of H-pyrrole nitrogens is 1. The van der Waals surface area contributed by atoms with Crippen LogP contribution in [0.4, 0.5) is 11.4 Å². The van der Waals surface area contributed by atoms with Crippen molar-refractivity contribution in [1.82, 2.24) is 9.97 Å². The fraction of sp³-hybridized carbons (Fsp3) is 0.0870. The molecule has 8 heteroatoms. The zero-order valence-corrected chi connectivity index (χ0v) is 17.5. The maximum absolute atomic E-state index is 12.7. The van der Waals surface area contributed by atoms with Gasteiger partial charge >= 0.3 is 0 Å². The van der Waals surface area contributed by atoms with E-state index in [-0.39, 0.29) is 17.6 Å². The third-order valence-electron chi connectivity index (χ3n) is 4.48. The number of hydrogen-bond acceptors (Lipinski definition) is 5. The van der Waals surface area contributed by atoms with E-state index in [1.54, 1.807) is 43.5 Å². The molecule has 0 aliphatic carbocycles. The number of fused-ring (bicyclic) bond motifs is 1. The molecule has 0 bridgehead atoms. The second-order valence-corrected chi connectivity index (χ2v) is 7.59. The summed E-state index contributed by atoms with van der Waals surface area (Å²) in [4.78, 5) is 32.8. The molecule has 0 saturated heterocycles. The molecule has 0 aliphatic heterocycles. The van der Waals surface area contributed by atoms with E-state index < -0.39 is 0 Å². The van der Waals surface area contributed by atoms with Gasteiger partial charge in [0.15, 0.2) is 5.16 Å². The van der Waals surface area contributed by atoms with Gasteiger partial charge in [-0.05, 0) is 36.4 Å². The number of aromatic amines is 1. The highest BCUT2D eigenvalue weighted by Crippen LogP contribution is 2.24. The molecule has 0 atom stereocenters. The van der Waals surface area contributed by atoms with Crippen LogP contribution in [-0.2, 0) is 4.79 Å². The molecule has 3 aromatic carbocycles. The molecule has 31 heavy (non-hydrogen) atoms. The van der Waals surface area contributed by atoms with Crippen molar-refractivity contribution >= 4 is 46.0 Å². The summed E-state index contributed by atoms with van der Waals surface area (Å²) in [5, 5.41) is 6.28. The monoisotopic (exact) mass is 432 g/mol. The number of benzene rings is 3. The maximum Gasteiger partial charge on any atom is 0.257 e. The highest BCUT2D eigenvalue weighted by atomic mass is 32.2. The zero-order chi connectivity index (χ0) is 21.6. The number of rotatable bonds is 7. The van der Waals surface area contributed by atoms with Crippen LogP contribution in [0.3, 0.4) is 0 Å². The first-order valence-electron chi connectivity index (χ1n) is 9.54. The minimum absolute atomic E-state index is 0.144. The summed E-state index contributed by atoms with van der Waals surface area (Å²) in [6, 6.07) is 21.6. The number of para-hydroxylation sites is 2. The number of anilines is 2. The van der Waals surface area contributed by atoms with E-state index in [9.17, 15) is 9.59 Å². The van der Waals surface area contributed by atoms with Crippen molar-refractivity contribution in [1.29, 1.82) is 0 Å². The third kappa shape index (κ3) is 5.04. The van der Waals surface area contributed by atoms with Crippen molar-refractivity contribution in [2.24, 2.45) is 0 Å². The van der Waals surface area contributed by atoms with Crippen molar-refractivity contribution in [3.8, 4) is 5.75 Å². The number of methoxy groups -OCH3 is 1. The predicted molar refractivity (Wildman–Crippen MR) is 123 cm³/mol. The van der Waals surface area contributed by atoms with E-state index in [0.29, 0.717) is 22.1 Å². The smallest absolute Gasteiger partial charge is 0.257 e. The quantitative estimate of drug-likeness (QED) is 0.372. The normalized spacial score (nSPS) is 10.6. The zero-order valence-electron chi connectivity index (χ0n) is 16.7. The Morgan fingerprint density at radius 2 is 1.77 bits per heavy atom. The summed E-state index contributed by atoms with van der Waals surface area (Å²) in [6.07, 6.45) is 0. The molecule has 1 aromatic heterocycles. The Balaban J connectivity index is 1.40. The fourth-order valence-electron chi connectivity index (χ4n) is 2.99. The number of ether oxygens (including phenoxy) is 1. The number of amides is 2. The van der Waals surface area contributed by atoms with Gasteiger partial charge in [0.2, 0.25) is 5.91 Å². The van der Waals surface area contributed by atoms with Crippen LogP contribution in [0, 0.1) is 0 Å². The standard InChI is InChI=1S/C23H20N4O3S/c1-30-16-11-12-19-20(13-16)27-23(26-19)31-14-21(28)25-18-10-6-5-9-17(18)22(29)24-15-7-3-2-4-8-15/h2-13H,14H2,1H3,(H,24,29)(H,25,28)(H,26,27). The molecule has 1 heterocycles. The van der Waals surface area contributed by atoms with E-state index >= 15 is 0 Å². The average Bonchev–Trinajstić information content (AvgIpc) is 3.21. The van der Waals surface area contributed by atoms with Crippen molar-refractivity contribution in [3.63, 3.8) is 0 Å². The second-order valence-electron chi connectivity index (χ2n) is 6.63. The fourth-order valence-corrected chi connectivity index (χ4v) is 3.68. The summed E-state index contributed by atoms with van der Waals surface area (Å²) < 4.78 is 5.21. The minimum atomic E-state index is -0.291. The van der Waals surface area contributed by atoms with Gasteiger partial charge in [-0.2, -0.15) is 0 Å². The van der Waals surface area contributed by atoms with Gasteiger partial charge in [-0.3, -0.25) is 9.59 Å². The van der Waals surface area contributed by atoms with Crippen LogP contribution in [0.1, 0.15) is 10.4 Å². The van der Waals surface area contributed by atoms with Crippen molar-refractivity contribution in [2.75, 3.05) is 23.5 Å². The molecule has 0 saturated carbocycles. The molecule has 0 unspecified atom stereocenters. The maximum atomic E-state index is 12.7. The first-order chi connectivity index (χ1) is 15.1. The first-order valence-corrected chi connectivity index (χ1v) is 10.5. The van der Waals surface area contributed by atoms with Crippen molar-refractivity contribution < 1.29 is 14.3 Å². The SMILES string of the molecule is COc1ccc2nc(SCC(=O)Nc3ccccc3C(=O)Nc3ccccc3)[nH]c2c1. The van der Waals surface area contributed by atoms with Crippen molar-refractivity contribution in [3.05, 3.63) is 78.4 Å². The van der Waals surface area contributed by atoms with E-state index in [4.69, 9.17) is 4.74 Å². The van der Waals surface area contributed by atoms with Gasteiger partial charge in [0, 0.05) is 11.8 Å². The average molecular weight is 433 g/mol. The number of imidazole rings is 1. The van der Waals surface area contributed by atoms with E-state index in [2.05, 4.69) is 20.6 Å². The Bertz CT molecular complexity index is 1220. The Kier molecular flexibility index (Phi) is 6.18. The minimum Gasteiger partial charge on any atom is -0.497 e. The topological polar surface area (TPSA) is 96.1 Å². The van der Waals surface area contributed by atoms with Crippen LogP contribution in [0.5, 0.6) is 5.75 Å². The Hall–Kier alpha value is -3.78. The van der Waals surface area contributed by atoms with Crippen LogP contribution in [0.15, 0.2) is 78.0 Å². The van der Waals surface area contributed by atoms with Crippen molar-refractivity contribution in [2.45, 2.75) is 5.16 Å². The van der Waals surface area contributed by atoms with Gasteiger partial charge in [-0.15, -0.1) is 0 Å². The number of thioether (sulfide) groups is 1. The predicted octanol–water partition coefficient (Wildman–Crippen LogP) is 4.55. The lowest BCUT2D eigenvalue weighted by atomic mass is 10.1. The molecule has 4 rings (SSSR count). The lowest BCUT2D eigenvalue weighted by Gasteiger charge is -2.11. The Morgan fingerprint density at radius 1 is 1.00 bits per heavy atom. The molecule has 0 fully saturated rings. The second kappa shape index (κ2) is 9.36. The van der Waals surface area contributed by atoms with E-state index in [1.165, 1.54) is 11.8 Å². The number of nitrogens with zero attached hydrogens (tertiary/aromatic N) is 1. The molecule has 7 nitrogen and oxygen atoms in total. The van der Waals surface area contributed by atoms with Crippen LogP contribution in [0.2, 0.25) is 0 Å². The lowest BCUT2D eigenvalue weighted by Crippen LogP contribution is -2.19. The van der Waals surface area contributed by atoms with E-state index in [0.717, 1.165) is 16.8 Å². The van der Waals surface area contributed by atoms with Crippen LogP contribution < -0.4 is 15.4 Å². The van der Waals surface area contributed by atoms with Gasteiger partial charge < -0.3 is 20.4 Å². The highest BCUT2D eigenvalue weighted by molar-refractivity contribution is 7.99. The van der Waals surface area contributed by atoms with E-state index in [1.807, 2.05) is 36.4 Å². The third-order valence-corrected chi connectivity index (χ3v) is 5.36. The molecule has 4 aromatic rings. The Morgan fingerprint density at radius 3 is 2.58 bits per heavy atom. The molecule has 156 valence electrons.